The molecule has 0 bridgehead atoms. The van der Waals surface area contributed by atoms with Gasteiger partial charge >= 0.3 is 0 Å². The molecule has 0 aromatic rings. The van der Waals surface area contributed by atoms with Crippen molar-refractivity contribution in [2.75, 3.05) is 44.4 Å². The van der Waals surface area contributed by atoms with Crippen molar-refractivity contribution < 1.29 is 8.42 Å². The molecule has 1 aliphatic rings. The van der Waals surface area contributed by atoms with Gasteiger partial charge in [-0.05, 0) is 12.8 Å². The lowest BCUT2D eigenvalue weighted by Crippen LogP contribution is -2.48. The molecule has 1 atom stereocenters. The van der Waals surface area contributed by atoms with E-state index >= 15 is 0 Å². The maximum Gasteiger partial charge on any atom is 0.193 e. The molecule has 5 nitrogen and oxygen atoms in total. The quantitative estimate of drug-likeness (QED) is 0.463. The summed E-state index contributed by atoms with van der Waals surface area (Å²) in [4.78, 5) is 6.56. The highest BCUT2D eigenvalue weighted by Gasteiger charge is 2.21. The third-order valence-corrected chi connectivity index (χ3v) is 5.48. The van der Waals surface area contributed by atoms with Gasteiger partial charge in [0.1, 0.15) is 9.84 Å². The number of rotatable bonds is 5. The second-order valence-corrected chi connectivity index (χ2v) is 8.47. The largest absolute Gasteiger partial charge is 0.356 e. The van der Waals surface area contributed by atoms with E-state index in [4.69, 9.17) is 0 Å². The topological polar surface area (TPSA) is 61.8 Å². The third kappa shape index (κ3) is 6.51. The average Bonchev–Trinajstić information content (AvgIpc) is 2.37. The zero-order valence-electron chi connectivity index (χ0n) is 12.1. The van der Waals surface area contributed by atoms with Crippen molar-refractivity contribution in [3.05, 3.63) is 0 Å². The first kappa shape index (κ1) is 16.6. The first-order valence-electron chi connectivity index (χ1n) is 6.71. The lowest BCUT2D eigenvalue weighted by Gasteiger charge is -2.34. The molecule has 0 aromatic heterocycles. The summed E-state index contributed by atoms with van der Waals surface area (Å²) in [5, 5.41) is 3.93. The molecule has 112 valence electrons. The monoisotopic (exact) mass is 307 g/mol. The van der Waals surface area contributed by atoms with Crippen LogP contribution in [0, 0.1) is 0 Å². The molecule has 1 heterocycles. The summed E-state index contributed by atoms with van der Waals surface area (Å²) < 4.78 is 22.1. The fraction of sp³-hybridized carbons (Fsp3) is 0.917. The van der Waals surface area contributed by atoms with Crippen LogP contribution < -0.4 is 5.32 Å². The molecule has 1 aliphatic heterocycles. The second kappa shape index (κ2) is 7.99. The number of hydrogen-bond donors (Lipinski definition) is 1. The van der Waals surface area contributed by atoms with Gasteiger partial charge in [0.05, 0.1) is 5.75 Å². The summed E-state index contributed by atoms with van der Waals surface area (Å²) in [6.07, 6.45) is 3.07. The van der Waals surface area contributed by atoms with Crippen molar-refractivity contribution in [2.45, 2.75) is 25.0 Å². The lowest BCUT2D eigenvalue weighted by atomic mass is 10.3. The van der Waals surface area contributed by atoms with Gasteiger partial charge in [-0.1, -0.05) is 6.92 Å². The fourth-order valence-corrected chi connectivity index (χ4v) is 3.87. The van der Waals surface area contributed by atoms with Crippen LogP contribution >= 0.6 is 11.8 Å². The summed E-state index contributed by atoms with van der Waals surface area (Å²) in [6, 6.07) is 0. The molecule has 0 aliphatic carbocycles. The van der Waals surface area contributed by atoms with E-state index < -0.39 is 9.84 Å². The van der Waals surface area contributed by atoms with Gasteiger partial charge in [-0.25, -0.2) is 8.42 Å². The van der Waals surface area contributed by atoms with E-state index in [1.807, 2.05) is 11.8 Å². The Balaban J connectivity index is 2.37. The Morgan fingerprint density at radius 3 is 2.84 bits per heavy atom. The van der Waals surface area contributed by atoms with Gasteiger partial charge in [0.2, 0.25) is 0 Å². The molecule has 0 saturated carbocycles. The number of guanidine groups is 1. The van der Waals surface area contributed by atoms with Crippen molar-refractivity contribution in [1.29, 1.82) is 0 Å². The Hall–Kier alpha value is -0.430. The van der Waals surface area contributed by atoms with Crippen LogP contribution in [-0.2, 0) is 9.84 Å². The van der Waals surface area contributed by atoms with Crippen molar-refractivity contribution in [2.24, 2.45) is 4.99 Å². The van der Waals surface area contributed by atoms with E-state index in [1.165, 1.54) is 12.7 Å². The van der Waals surface area contributed by atoms with Gasteiger partial charge in [-0.15, -0.1) is 0 Å². The van der Waals surface area contributed by atoms with Crippen LogP contribution in [0.25, 0.3) is 0 Å². The van der Waals surface area contributed by atoms with E-state index in [0.29, 0.717) is 18.2 Å². The van der Waals surface area contributed by atoms with Crippen LogP contribution in [0.1, 0.15) is 19.8 Å². The van der Waals surface area contributed by atoms with Gasteiger partial charge in [0.25, 0.3) is 0 Å². The Morgan fingerprint density at radius 2 is 2.26 bits per heavy atom. The molecule has 0 amide bonds. The van der Waals surface area contributed by atoms with E-state index in [0.717, 1.165) is 24.8 Å². The van der Waals surface area contributed by atoms with Crippen LogP contribution in [0.2, 0.25) is 0 Å². The average molecular weight is 307 g/mol. The number of aliphatic imine (C=N–C) groups is 1. The van der Waals surface area contributed by atoms with E-state index in [-0.39, 0.29) is 5.75 Å². The standard InChI is InChI=1S/C12H25N3O2S2/c1-4-11-10-15(7-8-18-11)12(13-2)14-6-5-9-19(3,16)17/h11H,4-10H2,1-3H3,(H,13,14). The predicted molar refractivity (Wildman–Crippen MR) is 83.8 cm³/mol. The molecular formula is C12H25N3O2S2. The summed E-state index contributed by atoms with van der Waals surface area (Å²) in [5.74, 6) is 2.25. The molecule has 0 aromatic carbocycles. The Bertz CT molecular complexity index is 396. The minimum Gasteiger partial charge on any atom is -0.356 e. The minimum atomic E-state index is -2.86. The Labute approximate surface area is 121 Å². The van der Waals surface area contributed by atoms with Crippen LogP contribution in [0.5, 0.6) is 0 Å². The van der Waals surface area contributed by atoms with Crippen molar-refractivity contribution in [3.8, 4) is 0 Å². The van der Waals surface area contributed by atoms with E-state index in [1.54, 1.807) is 7.05 Å². The fourth-order valence-electron chi connectivity index (χ4n) is 2.03. The highest BCUT2D eigenvalue weighted by Crippen LogP contribution is 2.20. The second-order valence-electron chi connectivity index (χ2n) is 4.80. The molecule has 7 heteroatoms. The van der Waals surface area contributed by atoms with Crippen molar-refractivity contribution in [1.82, 2.24) is 10.2 Å². The summed E-state index contributed by atoms with van der Waals surface area (Å²) in [7, 11) is -1.08. The molecular weight excluding hydrogens is 282 g/mol. The summed E-state index contributed by atoms with van der Waals surface area (Å²) in [5.41, 5.74) is 0. The van der Waals surface area contributed by atoms with Crippen molar-refractivity contribution in [3.63, 3.8) is 0 Å². The van der Waals surface area contributed by atoms with Gasteiger partial charge < -0.3 is 10.2 Å². The number of thioether (sulfide) groups is 1. The molecule has 0 spiro atoms. The van der Waals surface area contributed by atoms with Crippen molar-refractivity contribution >= 4 is 27.6 Å². The number of sulfone groups is 1. The zero-order chi connectivity index (χ0) is 14.3. The van der Waals surface area contributed by atoms with Crippen LogP contribution in [0.4, 0.5) is 0 Å². The Morgan fingerprint density at radius 1 is 1.53 bits per heavy atom. The molecule has 1 fully saturated rings. The molecule has 0 radical (unpaired) electrons. The highest BCUT2D eigenvalue weighted by atomic mass is 32.2. The van der Waals surface area contributed by atoms with Gasteiger partial charge in [-0.2, -0.15) is 11.8 Å². The maximum absolute atomic E-state index is 11.1. The summed E-state index contributed by atoms with van der Waals surface area (Å²) >= 11 is 2.02. The van der Waals surface area contributed by atoms with Crippen LogP contribution in [0.15, 0.2) is 4.99 Å². The first-order valence-corrected chi connectivity index (χ1v) is 9.82. The van der Waals surface area contributed by atoms with Gasteiger partial charge in [-0.3, -0.25) is 4.99 Å². The molecule has 19 heavy (non-hydrogen) atoms. The van der Waals surface area contributed by atoms with E-state index in [9.17, 15) is 8.42 Å². The normalized spacial score (nSPS) is 21.5. The lowest BCUT2D eigenvalue weighted by molar-refractivity contribution is 0.408. The van der Waals surface area contributed by atoms with E-state index in [2.05, 4.69) is 22.1 Å². The number of nitrogens with zero attached hydrogens (tertiary/aromatic N) is 2. The van der Waals surface area contributed by atoms with Gasteiger partial charge in [0, 0.05) is 43.9 Å². The SMILES string of the molecule is CCC1CN(C(=NC)NCCCS(C)(=O)=O)CCS1. The Kier molecular flexibility index (Phi) is 6.99. The van der Waals surface area contributed by atoms with Gasteiger partial charge in [0.15, 0.2) is 5.96 Å². The predicted octanol–water partition coefficient (Wildman–Crippen LogP) is 0.824. The summed E-state index contributed by atoms with van der Waals surface area (Å²) in [6.45, 7) is 4.89. The molecule has 1 N–H and O–H groups in total. The first-order chi connectivity index (χ1) is 8.96. The molecule has 1 saturated heterocycles. The number of nitrogens with one attached hydrogen (secondary N) is 1. The zero-order valence-corrected chi connectivity index (χ0v) is 13.7. The highest BCUT2D eigenvalue weighted by molar-refractivity contribution is 8.00. The smallest absolute Gasteiger partial charge is 0.193 e. The van der Waals surface area contributed by atoms with Crippen LogP contribution in [-0.4, -0.2) is 69.0 Å². The molecule has 1 unspecified atom stereocenters. The third-order valence-electron chi connectivity index (χ3n) is 3.08. The minimum absolute atomic E-state index is 0.227. The maximum atomic E-state index is 11.1. The number of hydrogen-bond acceptors (Lipinski definition) is 4. The molecule has 1 rings (SSSR count). The van der Waals surface area contributed by atoms with Crippen LogP contribution in [0.3, 0.4) is 0 Å².